The van der Waals surface area contributed by atoms with Crippen LogP contribution in [0.4, 0.5) is 10.2 Å². The maximum Gasteiger partial charge on any atom is 0.152 e. The quantitative estimate of drug-likeness (QED) is 0.474. The number of imidazole rings is 1. The van der Waals surface area contributed by atoms with Crippen LogP contribution in [0.1, 0.15) is 29.4 Å². The smallest absolute Gasteiger partial charge is 0.152 e. The van der Waals surface area contributed by atoms with E-state index in [4.69, 9.17) is 0 Å². The van der Waals surface area contributed by atoms with Gasteiger partial charge in [-0.1, -0.05) is 19.1 Å². The molecule has 158 valence electrons. The SMILES string of the molecule is CCc1cc(-c2ccc(-n3cnc(C)c3)c(CO)n2)nnc1NCc1ccc(F)cc1. The van der Waals surface area contributed by atoms with Crippen LogP contribution < -0.4 is 5.32 Å². The molecule has 0 saturated carbocycles. The number of pyridine rings is 1. The van der Waals surface area contributed by atoms with Gasteiger partial charge in [0.25, 0.3) is 0 Å². The molecule has 0 unspecified atom stereocenters. The van der Waals surface area contributed by atoms with Crippen LogP contribution >= 0.6 is 0 Å². The van der Waals surface area contributed by atoms with E-state index in [9.17, 15) is 9.50 Å². The highest BCUT2D eigenvalue weighted by molar-refractivity contribution is 5.60. The number of halogens is 1. The molecule has 0 spiro atoms. The summed E-state index contributed by atoms with van der Waals surface area (Å²) < 4.78 is 14.9. The molecule has 0 fully saturated rings. The van der Waals surface area contributed by atoms with Gasteiger partial charge in [0, 0.05) is 12.7 Å². The average Bonchev–Trinajstić information content (AvgIpc) is 3.24. The Balaban J connectivity index is 1.58. The molecular formula is C23H23FN6O. The van der Waals surface area contributed by atoms with Crippen LogP contribution in [0.3, 0.4) is 0 Å². The average molecular weight is 418 g/mol. The lowest BCUT2D eigenvalue weighted by molar-refractivity contribution is 0.276. The molecular weight excluding hydrogens is 395 g/mol. The van der Waals surface area contributed by atoms with Gasteiger partial charge in [-0.05, 0) is 54.8 Å². The van der Waals surface area contributed by atoms with Crippen molar-refractivity contribution in [1.29, 1.82) is 0 Å². The Morgan fingerprint density at radius 3 is 2.55 bits per heavy atom. The fourth-order valence-corrected chi connectivity index (χ4v) is 3.30. The van der Waals surface area contributed by atoms with Crippen LogP contribution in [-0.2, 0) is 19.6 Å². The van der Waals surface area contributed by atoms with Gasteiger partial charge in [-0.25, -0.2) is 14.4 Å². The first-order valence-corrected chi connectivity index (χ1v) is 10.0. The second-order valence-corrected chi connectivity index (χ2v) is 7.18. The fraction of sp³-hybridized carbons (Fsp3) is 0.217. The van der Waals surface area contributed by atoms with Gasteiger partial charge in [0.15, 0.2) is 5.82 Å². The first-order chi connectivity index (χ1) is 15.1. The van der Waals surface area contributed by atoms with E-state index in [0.717, 1.165) is 28.9 Å². The first kappa shape index (κ1) is 20.6. The summed E-state index contributed by atoms with van der Waals surface area (Å²) in [5, 5.41) is 21.8. The van der Waals surface area contributed by atoms with Crippen molar-refractivity contribution in [3.63, 3.8) is 0 Å². The lowest BCUT2D eigenvalue weighted by atomic mass is 10.1. The third-order valence-corrected chi connectivity index (χ3v) is 4.98. The molecule has 0 aliphatic heterocycles. The summed E-state index contributed by atoms with van der Waals surface area (Å²) in [6.45, 7) is 4.27. The highest BCUT2D eigenvalue weighted by Crippen LogP contribution is 2.23. The highest BCUT2D eigenvalue weighted by Gasteiger charge is 2.12. The van der Waals surface area contributed by atoms with Crippen LogP contribution in [0.25, 0.3) is 17.1 Å². The predicted octanol–water partition coefficient (Wildman–Crippen LogP) is 3.84. The molecule has 0 aliphatic rings. The van der Waals surface area contributed by atoms with Gasteiger partial charge in [0.05, 0.1) is 35.7 Å². The van der Waals surface area contributed by atoms with E-state index in [1.807, 2.05) is 42.8 Å². The Morgan fingerprint density at radius 1 is 1.06 bits per heavy atom. The lowest BCUT2D eigenvalue weighted by Gasteiger charge is -2.12. The van der Waals surface area contributed by atoms with E-state index in [1.54, 1.807) is 18.5 Å². The van der Waals surface area contributed by atoms with Crippen molar-refractivity contribution in [2.75, 3.05) is 5.32 Å². The Morgan fingerprint density at radius 2 is 1.87 bits per heavy atom. The van der Waals surface area contributed by atoms with Crippen molar-refractivity contribution in [3.8, 4) is 17.1 Å². The zero-order valence-corrected chi connectivity index (χ0v) is 17.4. The van der Waals surface area contributed by atoms with Gasteiger partial charge in [0.1, 0.15) is 11.5 Å². The van der Waals surface area contributed by atoms with Crippen molar-refractivity contribution in [2.45, 2.75) is 33.4 Å². The van der Waals surface area contributed by atoms with E-state index in [0.29, 0.717) is 29.4 Å². The molecule has 0 radical (unpaired) electrons. The van der Waals surface area contributed by atoms with Crippen LogP contribution in [0, 0.1) is 12.7 Å². The van der Waals surface area contributed by atoms with Crippen molar-refractivity contribution < 1.29 is 9.50 Å². The van der Waals surface area contributed by atoms with Crippen LogP contribution in [-0.4, -0.2) is 29.8 Å². The number of aliphatic hydroxyl groups excluding tert-OH is 1. The van der Waals surface area contributed by atoms with E-state index in [2.05, 4.69) is 25.5 Å². The summed E-state index contributed by atoms with van der Waals surface area (Å²) in [7, 11) is 0. The Labute approximate surface area is 179 Å². The van der Waals surface area contributed by atoms with Crippen molar-refractivity contribution in [2.24, 2.45) is 0 Å². The van der Waals surface area contributed by atoms with E-state index in [1.165, 1.54) is 12.1 Å². The van der Waals surface area contributed by atoms with E-state index >= 15 is 0 Å². The summed E-state index contributed by atoms with van der Waals surface area (Å²) in [6.07, 6.45) is 4.34. The van der Waals surface area contributed by atoms with E-state index in [-0.39, 0.29) is 12.4 Å². The molecule has 7 nitrogen and oxygen atoms in total. The molecule has 3 aromatic heterocycles. The minimum Gasteiger partial charge on any atom is -0.390 e. The summed E-state index contributed by atoms with van der Waals surface area (Å²) in [6, 6.07) is 12.0. The highest BCUT2D eigenvalue weighted by atomic mass is 19.1. The number of aliphatic hydroxyl groups is 1. The number of aryl methyl sites for hydroxylation is 2. The minimum absolute atomic E-state index is 0.203. The molecule has 3 heterocycles. The number of benzene rings is 1. The Hall–Kier alpha value is -3.65. The van der Waals surface area contributed by atoms with Crippen LogP contribution in [0.5, 0.6) is 0 Å². The summed E-state index contributed by atoms with van der Waals surface area (Å²) in [4.78, 5) is 8.83. The van der Waals surface area contributed by atoms with Gasteiger partial charge in [-0.3, -0.25) is 0 Å². The van der Waals surface area contributed by atoms with Crippen LogP contribution in [0.2, 0.25) is 0 Å². The normalized spacial score (nSPS) is 11.0. The molecule has 8 heteroatoms. The summed E-state index contributed by atoms with van der Waals surface area (Å²) in [5.41, 5.74) is 5.41. The number of nitrogens with zero attached hydrogens (tertiary/aromatic N) is 5. The van der Waals surface area contributed by atoms with E-state index < -0.39 is 0 Å². The molecule has 31 heavy (non-hydrogen) atoms. The molecule has 1 aromatic carbocycles. The number of anilines is 1. The summed E-state index contributed by atoms with van der Waals surface area (Å²) >= 11 is 0. The predicted molar refractivity (Wildman–Crippen MR) is 116 cm³/mol. The minimum atomic E-state index is -0.258. The van der Waals surface area contributed by atoms with Gasteiger partial charge in [-0.2, -0.15) is 0 Å². The molecule has 2 N–H and O–H groups in total. The fourth-order valence-electron chi connectivity index (χ4n) is 3.30. The molecule has 0 saturated heterocycles. The number of aromatic nitrogens is 5. The number of hydrogen-bond donors (Lipinski definition) is 2. The third-order valence-electron chi connectivity index (χ3n) is 4.98. The molecule has 0 bridgehead atoms. The van der Waals surface area contributed by atoms with Crippen molar-refractivity contribution in [1.82, 2.24) is 24.7 Å². The molecule has 0 atom stereocenters. The van der Waals surface area contributed by atoms with Crippen LogP contribution in [0.15, 0.2) is 55.0 Å². The second kappa shape index (κ2) is 9.01. The molecule has 4 rings (SSSR count). The number of rotatable bonds is 7. The summed E-state index contributed by atoms with van der Waals surface area (Å²) in [5.74, 6) is 0.426. The van der Waals surface area contributed by atoms with Gasteiger partial charge in [0.2, 0.25) is 0 Å². The lowest BCUT2D eigenvalue weighted by Crippen LogP contribution is -2.07. The third kappa shape index (κ3) is 4.59. The standard InChI is InChI=1S/C23H23FN6O/c1-3-17-10-20(28-29-23(17)25-11-16-4-6-18(24)7-5-16)19-8-9-22(21(13-31)27-19)30-12-15(2)26-14-30/h4-10,12,14,31H,3,11,13H2,1-2H3,(H,25,29). The maximum atomic E-state index is 13.1. The van der Waals surface area contributed by atoms with Gasteiger partial charge < -0.3 is 15.0 Å². The first-order valence-electron chi connectivity index (χ1n) is 10.0. The topological polar surface area (TPSA) is 88.8 Å². The zero-order valence-electron chi connectivity index (χ0n) is 17.4. The van der Waals surface area contributed by atoms with Crippen molar-refractivity contribution >= 4 is 5.82 Å². The van der Waals surface area contributed by atoms with Crippen molar-refractivity contribution in [3.05, 3.63) is 83.3 Å². The molecule has 0 aliphatic carbocycles. The van der Waals surface area contributed by atoms with Gasteiger partial charge >= 0.3 is 0 Å². The largest absolute Gasteiger partial charge is 0.390 e. The Kier molecular flexibility index (Phi) is 5.99. The Bertz CT molecular complexity index is 1190. The zero-order chi connectivity index (χ0) is 21.8. The number of hydrogen-bond acceptors (Lipinski definition) is 6. The maximum absolute atomic E-state index is 13.1. The number of nitrogens with one attached hydrogen (secondary N) is 1. The molecule has 4 aromatic rings. The second-order valence-electron chi connectivity index (χ2n) is 7.18. The monoisotopic (exact) mass is 418 g/mol. The molecule has 0 amide bonds. The van der Waals surface area contributed by atoms with Gasteiger partial charge in [-0.15, -0.1) is 10.2 Å².